The maximum absolute atomic E-state index is 11.0. The smallest absolute Gasteiger partial charge is 0.249 e. The summed E-state index contributed by atoms with van der Waals surface area (Å²) in [5.74, 6) is -0.369. The van der Waals surface area contributed by atoms with E-state index in [1.165, 1.54) is 5.56 Å². The van der Waals surface area contributed by atoms with Crippen molar-refractivity contribution in [2.24, 2.45) is 5.73 Å². The molecule has 0 aliphatic carbocycles. The van der Waals surface area contributed by atoms with E-state index in [4.69, 9.17) is 5.73 Å². The average Bonchev–Trinajstić information content (AvgIpc) is 2.85. The molecular weight excluding hydrogens is 244 g/mol. The first-order valence-electron chi connectivity index (χ1n) is 5.89. The van der Waals surface area contributed by atoms with E-state index < -0.39 is 0 Å². The van der Waals surface area contributed by atoms with Crippen LogP contribution in [0.1, 0.15) is 27.7 Å². The van der Waals surface area contributed by atoms with Gasteiger partial charge in [0.05, 0.1) is 5.56 Å². The van der Waals surface area contributed by atoms with E-state index >= 15 is 0 Å². The summed E-state index contributed by atoms with van der Waals surface area (Å²) in [6.45, 7) is 2.85. The second kappa shape index (κ2) is 5.69. The van der Waals surface area contributed by atoms with Crippen molar-refractivity contribution < 1.29 is 4.79 Å². The highest BCUT2D eigenvalue weighted by molar-refractivity contribution is 7.10. The van der Waals surface area contributed by atoms with Gasteiger partial charge >= 0.3 is 0 Å². The van der Waals surface area contributed by atoms with E-state index in [0.717, 1.165) is 23.5 Å². The van der Waals surface area contributed by atoms with E-state index in [1.54, 1.807) is 16.7 Å². The summed E-state index contributed by atoms with van der Waals surface area (Å²) in [5, 5.41) is 5.19. The Morgan fingerprint density at radius 2 is 2.17 bits per heavy atom. The summed E-state index contributed by atoms with van der Waals surface area (Å²) < 4.78 is 0. The lowest BCUT2D eigenvalue weighted by atomic mass is 10.1. The Balaban J connectivity index is 2.04. The molecule has 0 fully saturated rings. The molecule has 0 aliphatic rings. The molecule has 1 amide bonds. The minimum Gasteiger partial charge on any atom is -0.380 e. The van der Waals surface area contributed by atoms with Crippen molar-refractivity contribution in [3.8, 4) is 0 Å². The highest BCUT2D eigenvalue weighted by atomic mass is 32.1. The molecule has 0 unspecified atom stereocenters. The van der Waals surface area contributed by atoms with Crippen LogP contribution in [-0.2, 0) is 13.0 Å². The summed E-state index contributed by atoms with van der Waals surface area (Å²) in [6.07, 6.45) is 1.00. The zero-order valence-corrected chi connectivity index (χ0v) is 11.1. The van der Waals surface area contributed by atoms with Gasteiger partial charge in [-0.1, -0.05) is 25.1 Å². The van der Waals surface area contributed by atoms with Crippen molar-refractivity contribution in [3.63, 3.8) is 0 Å². The molecule has 0 bridgehead atoms. The monoisotopic (exact) mass is 260 g/mol. The molecule has 0 aliphatic heterocycles. The maximum atomic E-state index is 11.0. The number of rotatable bonds is 5. The molecule has 0 saturated carbocycles. The van der Waals surface area contributed by atoms with Gasteiger partial charge in [-0.25, -0.2) is 0 Å². The summed E-state index contributed by atoms with van der Waals surface area (Å²) in [4.78, 5) is 12.1. The Kier molecular flexibility index (Phi) is 3.99. The third-order valence-corrected chi connectivity index (χ3v) is 3.73. The summed E-state index contributed by atoms with van der Waals surface area (Å²) >= 11 is 1.55. The molecular formula is C14H16N2OS. The molecule has 2 rings (SSSR count). The maximum Gasteiger partial charge on any atom is 0.249 e. The number of benzene rings is 1. The lowest BCUT2D eigenvalue weighted by Crippen LogP contribution is -2.09. The predicted octanol–water partition coefficient (Wildman–Crippen LogP) is 3.02. The van der Waals surface area contributed by atoms with Crippen LogP contribution in [0.4, 0.5) is 5.69 Å². The summed E-state index contributed by atoms with van der Waals surface area (Å²) in [5.41, 5.74) is 8.25. The number of para-hydroxylation sites is 1. The fourth-order valence-corrected chi connectivity index (χ4v) is 2.60. The Labute approximate surface area is 111 Å². The number of carbonyl (C=O) groups is 1. The number of primary amides is 1. The van der Waals surface area contributed by atoms with Gasteiger partial charge in [-0.15, -0.1) is 11.3 Å². The number of thiophene rings is 1. The lowest BCUT2D eigenvalue weighted by molar-refractivity contribution is 0.100. The van der Waals surface area contributed by atoms with Gasteiger partial charge in [0.15, 0.2) is 0 Å². The van der Waals surface area contributed by atoms with Crippen LogP contribution in [0.25, 0.3) is 0 Å². The lowest BCUT2D eigenvalue weighted by Gasteiger charge is -2.09. The van der Waals surface area contributed by atoms with Gasteiger partial charge in [-0.2, -0.15) is 0 Å². The minimum atomic E-state index is -0.369. The number of nitrogens with two attached hydrogens (primary N) is 1. The molecule has 3 nitrogen and oxygen atoms in total. The minimum absolute atomic E-state index is 0.369. The molecule has 3 N–H and O–H groups in total. The molecule has 0 radical (unpaired) electrons. The van der Waals surface area contributed by atoms with Crippen molar-refractivity contribution in [2.75, 3.05) is 5.32 Å². The van der Waals surface area contributed by atoms with Crippen molar-refractivity contribution in [1.82, 2.24) is 0 Å². The normalized spacial score (nSPS) is 10.3. The summed E-state index contributed by atoms with van der Waals surface area (Å²) in [7, 11) is 0. The molecule has 1 aromatic heterocycles. The second-order valence-corrected chi connectivity index (χ2v) is 5.03. The van der Waals surface area contributed by atoms with Gasteiger partial charge in [0, 0.05) is 22.5 Å². The van der Waals surface area contributed by atoms with Crippen LogP contribution in [0, 0.1) is 0 Å². The highest BCUT2D eigenvalue weighted by Crippen LogP contribution is 2.19. The first kappa shape index (κ1) is 12.6. The first-order valence-corrected chi connectivity index (χ1v) is 6.77. The van der Waals surface area contributed by atoms with Crippen LogP contribution in [0.5, 0.6) is 0 Å². The van der Waals surface area contributed by atoms with Crippen LogP contribution < -0.4 is 11.1 Å². The molecule has 94 valence electrons. The van der Waals surface area contributed by atoms with Gasteiger partial charge in [0.1, 0.15) is 0 Å². The number of nitrogens with one attached hydrogen (secondary N) is 1. The second-order valence-electron chi connectivity index (χ2n) is 4.03. The molecule has 1 heterocycles. The third-order valence-electron chi connectivity index (χ3n) is 2.79. The van der Waals surface area contributed by atoms with Crippen LogP contribution in [0.15, 0.2) is 35.7 Å². The number of hydrogen-bond acceptors (Lipinski definition) is 3. The van der Waals surface area contributed by atoms with Crippen molar-refractivity contribution in [1.29, 1.82) is 0 Å². The Hall–Kier alpha value is -1.81. The van der Waals surface area contributed by atoms with Gasteiger partial charge in [0.25, 0.3) is 0 Å². The van der Waals surface area contributed by atoms with Crippen LogP contribution >= 0.6 is 11.3 Å². The van der Waals surface area contributed by atoms with Gasteiger partial charge in [0.2, 0.25) is 5.91 Å². The number of amides is 1. The number of carbonyl (C=O) groups excluding carboxylic acids is 1. The van der Waals surface area contributed by atoms with E-state index in [9.17, 15) is 4.79 Å². The molecule has 0 spiro atoms. The molecule has 0 atom stereocenters. The van der Waals surface area contributed by atoms with Crippen molar-refractivity contribution in [3.05, 3.63) is 51.7 Å². The van der Waals surface area contributed by atoms with Gasteiger partial charge < -0.3 is 11.1 Å². The Morgan fingerprint density at radius 1 is 1.39 bits per heavy atom. The zero-order valence-electron chi connectivity index (χ0n) is 10.3. The molecule has 0 saturated heterocycles. The number of aryl methyl sites for hydroxylation is 1. The fraction of sp³-hybridized carbons (Fsp3) is 0.214. The van der Waals surface area contributed by atoms with E-state index in [1.807, 2.05) is 18.2 Å². The number of hydrogen-bond donors (Lipinski definition) is 2. The van der Waals surface area contributed by atoms with E-state index in [-0.39, 0.29) is 5.91 Å². The van der Waals surface area contributed by atoms with Gasteiger partial charge in [-0.3, -0.25) is 4.79 Å². The molecule has 1 aromatic carbocycles. The van der Waals surface area contributed by atoms with Crippen LogP contribution in [0.2, 0.25) is 0 Å². The first-order chi connectivity index (χ1) is 8.70. The largest absolute Gasteiger partial charge is 0.380 e. The molecule has 4 heteroatoms. The average molecular weight is 260 g/mol. The Bertz CT molecular complexity index is 548. The zero-order chi connectivity index (χ0) is 13.0. The molecule has 18 heavy (non-hydrogen) atoms. The SMILES string of the molecule is CCc1ccccc1NCc1cc(C(N)=O)cs1. The van der Waals surface area contributed by atoms with Crippen LogP contribution in [-0.4, -0.2) is 5.91 Å². The summed E-state index contributed by atoms with van der Waals surface area (Å²) in [6, 6.07) is 10.1. The van der Waals surface area contributed by atoms with Gasteiger partial charge in [-0.05, 0) is 24.1 Å². The van der Waals surface area contributed by atoms with Crippen LogP contribution in [0.3, 0.4) is 0 Å². The quantitative estimate of drug-likeness (QED) is 0.868. The van der Waals surface area contributed by atoms with E-state index in [0.29, 0.717) is 5.56 Å². The number of anilines is 1. The fourth-order valence-electron chi connectivity index (χ4n) is 1.79. The van der Waals surface area contributed by atoms with Crippen molar-refractivity contribution >= 4 is 22.9 Å². The molecule has 2 aromatic rings. The predicted molar refractivity (Wildman–Crippen MR) is 76.0 cm³/mol. The topological polar surface area (TPSA) is 55.1 Å². The van der Waals surface area contributed by atoms with Crippen molar-refractivity contribution in [2.45, 2.75) is 19.9 Å². The third kappa shape index (κ3) is 2.90. The standard InChI is InChI=1S/C14H16N2OS/c1-2-10-5-3-4-6-13(10)16-8-12-7-11(9-18-12)14(15)17/h3-7,9,16H,2,8H2,1H3,(H2,15,17). The van der Waals surface area contributed by atoms with E-state index in [2.05, 4.69) is 24.4 Å². The Morgan fingerprint density at radius 3 is 2.83 bits per heavy atom. The highest BCUT2D eigenvalue weighted by Gasteiger charge is 2.05.